The Kier molecular flexibility index (Phi) is 7.25. The van der Waals surface area contributed by atoms with Crippen molar-refractivity contribution < 1.29 is 14.0 Å². The van der Waals surface area contributed by atoms with E-state index in [0.29, 0.717) is 11.3 Å². The zero-order valence-electron chi connectivity index (χ0n) is 19.3. The summed E-state index contributed by atoms with van der Waals surface area (Å²) >= 11 is 0. The number of nitrogens with one attached hydrogen (secondary N) is 1. The van der Waals surface area contributed by atoms with Gasteiger partial charge in [0.2, 0.25) is 17.8 Å². The molecule has 0 aliphatic heterocycles. The number of benzene rings is 2. The summed E-state index contributed by atoms with van der Waals surface area (Å²) in [6.07, 6.45) is 8.20. The number of carbonyl (C=O) groups excluding carboxylic acids is 2. The van der Waals surface area contributed by atoms with Crippen molar-refractivity contribution in [2.75, 3.05) is 10.6 Å². The predicted octanol–water partition coefficient (Wildman–Crippen LogP) is 4.14. The molecule has 7 nitrogen and oxygen atoms in total. The first-order valence-corrected chi connectivity index (χ1v) is 11.6. The first-order chi connectivity index (χ1) is 16.4. The standard InChI is InChI=1S/C26H30FN5O2/c1-18-8-5-6-13-22(18)24(25(34)30-20-10-3-2-4-11-20)32(21-12-7-9-19(27)16-21)23(33)17-31-15-14-29-26(31)28/h5-9,12-16,20,24H,2-4,10-11,17H2,1H3,(H2,28,29)(H,30,34). The Labute approximate surface area is 198 Å². The van der Waals surface area contributed by atoms with Crippen LogP contribution < -0.4 is 16.0 Å². The maximum absolute atomic E-state index is 14.3. The molecule has 1 atom stereocenters. The maximum atomic E-state index is 14.3. The minimum atomic E-state index is -0.970. The average molecular weight is 464 g/mol. The molecule has 1 unspecified atom stereocenters. The van der Waals surface area contributed by atoms with Gasteiger partial charge < -0.3 is 15.6 Å². The van der Waals surface area contributed by atoms with Crippen molar-refractivity contribution in [1.82, 2.24) is 14.9 Å². The number of nitrogens with two attached hydrogens (primary N) is 1. The minimum Gasteiger partial charge on any atom is -0.369 e. The molecule has 3 aromatic rings. The highest BCUT2D eigenvalue weighted by atomic mass is 19.1. The number of amides is 2. The highest BCUT2D eigenvalue weighted by molar-refractivity contribution is 6.01. The summed E-state index contributed by atoms with van der Waals surface area (Å²) in [5.74, 6) is -0.986. The lowest BCUT2D eigenvalue weighted by atomic mass is 9.93. The van der Waals surface area contributed by atoms with E-state index in [1.165, 1.54) is 33.9 Å². The lowest BCUT2D eigenvalue weighted by Crippen LogP contribution is -2.48. The highest BCUT2D eigenvalue weighted by Crippen LogP contribution is 2.31. The molecule has 1 fully saturated rings. The fraction of sp³-hybridized carbons (Fsp3) is 0.346. The summed E-state index contributed by atoms with van der Waals surface area (Å²) in [5.41, 5.74) is 7.74. The molecule has 0 radical (unpaired) electrons. The van der Waals surface area contributed by atoms with Crippen LogP contribution in [0.1, 0.15) is 49.3 Å². The van der Waals surface area contributed by atoms with Crippen LogP contribution in [0, 0.1) is 12.7 Å². The molecule has 0 saturated heterocycles. The van der Waals surface area contributed by atoms with Gasteiger partial charge in [-0.05, 0) is 49.1 Å². The van der Waals surface area contributed by atoms with Crippen LogP contribution in [-0.4, -0.2) is 27.4 Å². The Morgan fingerprint density at radius 2 is 1.94 bits per heavy atom. The second-order valence-electron chi connectivity index (χ2n) is 8.76. The number of nitrogen functional groups attached to an aromatic ring is 1. The topological polar surface area (TPSA) is 93.2 Å². The molecule has 1 aromatic heterocycles. The Morgan fingerprint density at radius 1 is 1.18 bits per heavy atom. The summed E-state index contributed by atoms with van der Waals surface area (Å²) in [4.78, 5) is 32.9. The number of aryl methyl sites for hydroxylation is 1. The summed E-state index contributed by atoms with van der Waals surface area (Å²) in [6, 6.07) is 12.3. The molecule has 4 rings (SSSR count). The third kappa shape index (κ3) is 5.27. The zero-order chi connectivity index (χ0) is 24.1. The van der Waals surface area contributed by atoms with Crippen molar-refractivity contribution in [3.63, 3.8) is 0 Å². The van der Waals surface area contributed by atoms with Crippen molar-refractivity contribution in [3.8, 4) is 0 Å². The van der Waals surface area contributed by atoms with Crippen LogP contribution in [0.15, 0.2) is 60.9 Å². The minimum absolute atomic E-state index is 0.0570. The van der Waals surface area contributed by atoms with Gasteiger partial charge in [-0.3, -0.25) is 14.5 Å². The molecule has 1 saturated carbocycles. The molecule has 1 heterocycles. The molecule has 2 amide bonds. The van der Waals surface area contributed by atoms with E-state index in [9.17, 15) is 14.0 Å². The Hall–Kier alpha value is -3.68. The van der Waals surface area contributed by atoms with Gasteiger partial charge in [-0.1, -0.05) is 49.6 Å². The van der Waals surface area contributed by atoms with Crippen molar-refractivity contribution in [2.24, 2.45) is 0 Å². The van der Waals surface area contributed by atoms with Gasteiger partial charge in [0.25, 0.3) is 0 Å². The fourth-order valence-electron chi connectivity index (χ4n) is 4.58. The predicted molar refractivity (Wildman–Crippen MR) is 129 cm³/mol. The normalized spacial score (nSPS) is 15.0. The number of hydrogen-bond acceptors (Lipinski definition) is 4. The number of rotatable bonds is 7. The van der Waals surface area contributed by atoms with Crippen molar-refractivity contribution in [3.05, 3.63) is 77.9 Å². The molecule has 34 heavy (non-hydrogen) atoms. The summed E-state index contributed by atoms with van der Waals surface area (Å²) < 4.78 is 15.8. The van der Waals surface area contributed by atoms with Crippen LogP contribution in [0.3, 0.4) is 0 Å². The van der Waals surface area contributed by atoms with Gasteiger partial charge in [-0.15, -0.1) is 0 Å². The molecule has 2 aromatic carbocycles. The number of aromatic nitrogens is 2. The number of anilines is 2. The summed E-state index contributed by atoms with van der Waals surface area (Å²) in [6.45, 7) is 1.76. The van der Waals surface area contributed by atoms with Crippen LogP contribution >= 0.6 is 0 Å². The SMILES string of the molecule is Cc1ccccc1C(C(=O)NC1CCCCC1)N(C(=O)Cn1ccnc1N)c1cccc(F)c1. The lowest BCUT2D eigenvalue weighted by molar-refractivity contribution is -0.127. The van der Waals surface area contributed by atoms with Gasteiger partial charge in [0.15, 0.2) is 0 Å². The molecule has 3 N–H and O–H groups in total. The number of nitrogens with zero attached hydrogens (tertiary/aromatic N) is 3. The van der Waals surface area contributed by atoms with Crippen molar-refractivity contribution >= 4 is 23.5 Å². The van der Waals surface area contributed by atoms with Crippen LogP contribution in [-0.2, 0) is 16.1 Å². The van der Waals surface area contributed by atoms with Crippen LogP contribution in [0.5, 0.6) is 0 Å². The second kappa shape index (κ2) is 10.5. The zero-order valence-corrected chi connectivity index (χ0v) is 19.3. The molecule has 8 heteroatoms. The number of halogens is 1. The van der Waals surface area contributed by atoms with E-state index in [-0.39, 0.29) is 24.4 Å². The largest absolute Gasteiger partial charge is 0.369 e. The van der Waals surface area contributed by atoms with Gasteiger partial charge in [0.05, 0.1) is 0 Å². The van der Waals surface area contributed by atoms with Crippen LogP contribution in [0.25, 0.3) is 0 Å². The third-order valence-electron chi connectivity index (χ3n) is 6.35. The summed E-state index contributed by atoms with van der Waals surface area (Å²) in [7, 11) is 0. The van der Waals surface area contributed by atoms with E-state index >= 15 is 0 Å². The molecule has 0 bridgehead atoms. The van der Waals surface area contributed by atoms with E-state index in [1.807, 2.05) is 31.2 Å². The molecule has 178 valence electrons. The summed E-state index contributed by atoms with van der Waals surface area (Å²) in [5, 5.41) is 3.16. The van der Waals surface area contributed by atoms with Crippen LogP contribution in [0.2, 0.25) is 0 Å². The van der Waals surface area contributed by atoms with Crippen molar-refractivity contribution in [1.29, 1.82) is 0 Å². The third-order valence-corrected chi connectivity index (χ3v) is 6.35. The van der Waals surface area contributed by atoms with E-state index in [1.54, 1.807) is 12.3 Å². The van der Waals surface area contributed by atoms with E-state index in [2.05, 4.69) is 10.3 Å². The fourth-order valence-corrected chi connectivity index (χ4v) is 4.58. The van der Waals surface area contributed by atoms with Gasteiger partial charge in [-0.2, -0.15) is 0 Å². The van der Waals surface area contributed by atoms with Crippen molar-refractivity contribution in [2.45, 2.75) is 57.7 Å². The molecule has 1 aliphatic carbocycles. The maximum Gasteiger partial charge on any atom is 0.248 e. The number of carbonyl (C=O) groups is 2. The van der Waals surface area contributed by atoms with Crippen LogP contribution in [0.4, 0.5) is 16.0 Å². The second-order valence-corrected chi connectivity index (χ2v) is 8.76. The van der Waals surface area contributed by atoms with Gasteiger partial charge in [0, 0.05) is 24.1 Å². The highest BCUT2D eigenvalue weighted by Gasteiger charge is 2.35. The first kappa shape index (κ1) is 23.5. The first-order valence-electron chi connectivity index (χ1n) is 11.6. The number of hydrogen-bond donors (Lipinski definition) is 2. The smallest absolute Gasteiger partial charge is 0.248 e. The van der Waals surface area contributed by atoms with Gasteiger partial charge in [-0.25, -0.2) is 9.37 Å². The average Bonchev–Trinajstić information content (AvgIpc) is 3.22. The molecular weight excluding hydrogens is 433 g/mol. The Bertz CT molecular complexity index is 1160. The monoisotopic (exact) mass is 463 g/mol. The lowest BCUT2D eigenvalue weighted by Gasteiger charge is -2.34. The van der Waals surface area contributed by atoms with E-state index < -0.39 is 17.8 Å². The molecule has 1 aliphatic rings. The van der Waals surface area contributed by atoms with Gasteiger partial charge >= 0.3 is 0 Å². The quantitative estimate of drug-likeness (QED) is 0.551. The van der Waals surface area contributed by atoms with Gasteiger partial charge in [0.1, 0.15) is 18.4 Å². The Balaban J connectivity index is 1.77. The van der Waals surface area contributed by atoms with E-state index in [4.69, 9.17) is 5.73 Å². The molecule has 0 spiro atoms. The number of imidazole rings is 1. The van der Waals surface area contributed by atoms with E-state index in [0.717, 1.165) is 37.7 Å². The Morgan fingerprint density at radius 3 is 2.62 bits per heavy atom. The molecular formula is C26H30FN5O2.